The molecule has 4 aromatic carbocycles. The summed E-state index contributed by atoms with van der Waals surface area (Å²) in [5.74, 6) is 0.0521. The van der Waals surface area contributed by atoms with Crippen molar-refractivity contribution in [3.8, 4) is 0 Å². The minimum Gasteiger partial charge on any atom is -0.325 e. The number of rotatable bonds is 4. The topological polar surface area (TPSA) is 215 Å². The molecule has 8 aromatic rings. The van der Waals surface area contributed by atoms with Crippen LogP contribution in [0.25, 0.3) is 33.6 Å². The highest BCUT2D eigenvalue weighted by Crippen LogP contribution is 2.55. The lowest BCUT2D eigenvalue weighted by Crippen LogP contribution is -2.61. The molecular formula is C32H18N12O6. The Morgan fingerprint density at radius 2 is 1.10 bits per heavy atom. The van der Waals surface area contributed by atoms with Gasteiger partial charge in [0.15, 0.2) is 5.66 Å². The number of nitrogens with zero attached hydrogens (tertiary/aromatic N) is 10. The number of imidazole rings is 2. The molecule has 50 heavy (non-hydrogen) atoms. The highest BCUT2D eigenvalue weighted by atomic mass is 16.6. The molecule has 0 amide bonds. The summed E-state index contributed by atoms with van der Waals surface area (Å²) in [6.07, 6.45) is 0. The lowest BCUT2D eigenvalue weighted by atomic mass is 9.82. The Hall–Kier alpha value is -7.50. The summed E-state index contributed by atoms with van der Waals surface area (Å²) in [4.78, 5) is 70.8. The van der Waals surface area contributed by atoms with Crippen LogP contribution in [0.1, 0.15) is 11.1 Å². The molecular weight excluding hydrogens is 648 g/mol. The van der Waals surface area contributed by atoms with Crippen molar-refractivity contribution < 1.29 is 9.85 Å². The van der Waals surface area contributed by atoms with E-state index in [4.69, 9.17) is 9.97 Å². The molecule has 0 saturated carbocycles. The second-order valence-electron chi connectivity index (χ2n) is 11.9. The van der Waals surface area contributed by atoms with Crippen LogP contribution >= 0.6 is 0 Å². The number of hydrogen-bond donors (Lipinski definition) is 2. The molecule has 0 saturated heterocycles. The van der Waals surface area contributed by atoms with Crippen LogP contribution in [-0.4, -0.2) is 47.7 Å². The van der Waals surface area contributed by atoms with Crippen molar-refractivity contribution >= 4 is 56.9 Å². The zero-order valence-electron chi connectivity index (χ0n) is 25.2. The van der Waals surface area contributed by atoms with Crippen molar-refractivity contribution in [3.05, 3.63) is 149 Å². The fourth-order valence-corrected chi connectivity index (χ4v) is 7.44. The summed E-state index contributed by atoms with van der Waals surface area (Å²) in [6, 6.07) is 25.9. The van der Waals surface area contributed by atoms with Gasteiger partial charge in [-0.1, -0.05) is 60.7 Å². The van der Waals surface area contributed by atoms with Crippen LogP contribution in [0, 0.1) is 20.2 Å². The van der Waals surface area contributed by atoms with Crippen molar-refractivity contribution in [2.24, 2.45) is 0 Å². The van der Waals surface area contributed by atoms with Gasteiger partial charge in [0.25, 0.3) is 11.4 Å². The molecule has 2 aliphatic rings. The molecule has 2 unspecified atom stereocenters. The molecule has 6 heterocycles. The van der Waals surface area contributed by atoms with E-state index in [2.05, 4.69) is 20.6 Å². The molecule has 0 bridgehead atoms. The van der Waals surface area contributed by atoms with Gasteiger partial charge in [-0.05, 0) is 12.1 Å². The number of anilines is 2. The van der Waals surface area contributed by atoms with Crippen LogP contribution in [0.4, 0.5) is 23.3 Å². The maximum atomic E-state index is 15.1. The first-order chi connectivity index (χ1) is 24.2. The van der Waals surface area contributed by atoms with Gasteiger partial charge in [-0.15, -0.1) is 0 Å². The lowest BCUT2D eigenvalue weighted by Gasteiger charge is -2.40. The normalized spacial score (nSPS) is 19.0. The second kappa shape index (κ2) is 9.10. The summed E-state index contributed by atoms with van der Waals surface area (Å²) in [7, 11) is 0. The molecule has 0 aliphatic carbocycles. The second-order valence-corrected chi connectivity index (χ2v) is 11.9. The maximum Gasteiger partial charge on any atom is 0.340 e. The summed E-state index contributed by atoms with van der Waals surface area (Å²) in [6.45, 7) is 0. The highest BCUT2D eigenvalue weighted by molar-refractivity contribution is 5.83. The number of fused-ring (bicyclic) bond motifs is 11. The quantitative estimate of drug-likeness (QED) is 0.205. The van der Waals surface area contributed by atoms with Crippen molar-refractivity contribution in [2.45, 2.75) is 11.3 Å². The van der Waals surface area contributed by atoms with E-state index < -0.39 is 32.6 Å². The zero-order chi connectivity index (χ0) is 34.1. The monoisotopic (exact) mass is 666 g/mol. The van der Waals surface area contributed by atoms with E-state index in [1.165, 1.54) is 54.3 Å². The Balaban J connectivity index is 1.40. The smallest absolute Gasteiger partial charge is 0.325 e. The average Bonchev–Trinajstić information content (AvgIpc) is 3.83. The van der Waals surface area contributed by atoms with Crippen molar-refractivity contribution in [3.63, 3.8) is 0 Å². The van der Waals surface area contributed by atoms with Crippen molar-refractivity contribution in [1.82, 2.24) is 37.9 Å². The largest absolute Gasteiger partial charge is 0.340 e. The van der Waals surface area contributed by atoms with Gasteiger partial charge in [0.1, 0.15) is 0 Å². The van der Waals surface area contributed by atoms with Crippen LogP contribution < -0.4 is 22.0 Å². The summed E-state index contributed by atoms with van der Waals surface area (Å²) in [5.41, 5.74) is -3.19. The Morgan fingerprint density at radius 1 is 0.580 bits per heavy atom. The summed E-state index contributed by atoms with van der Waals surface area (Å²) < 4.78 is 5.11. The molecule has 0 spiro atoms. The van der Waals surface area contributed by atoms with Gasteiger partial charge >= 0.3 is 11.4 Å². The first-order valence-electron chi connectivity index (χ1n) is 15.1. The molecule has 2 N–H and O–H groups in total. The summed E-state index contributed by atoms with van der Waals surface area (Å²) >= 11 is 0. The number of nitrogens with one attached hydrogen (secondary N) is 2. The van der Waals surface area contributed by atoms with E-state index in [0.717, 1.165) is 0 Å². The zero-order valence-corrected chi connectivity index (χ0v) is 25.2. The Morgan fingerprint density at radius 3 is 1.70 bits per heavy atom. The Labute approximate surface area is 275 Å². The molecule has 10 rings (SSSR count). The molecule has 18 heteroatoms. The highest BCUT2D eigenvalue weighted by Gasteiger charge is 2.69. The number of nitro groups is 2. The van der Waals surface area contributed by atoms with E-state index >= 15 is 9.59 Å². The van der Waals surface area contributed by atoms with Gasteiger partial charge in [0.05, 0.1) is 31.9 Å². The SMILES string of the molecule is O=c1n2c(nc3nc4cc([N+](=O)[O-])ccc4n13)NC1(c3ccccc3)Nc3nc4nc5ccc([N+](=O)[O-])cc5n4c(=O)n3C21c1ccccc1. The van der Waals surface area contributed by atoms with Gasteiger partial charge in [0, 0.05) is 35.4 Å². The van der Waals surface area contributed by atoms with Crippen molar-refractivity contribution in [2.75, 3.05) is 10.6 Å². The number of non-ortho nitro benzene ring substituents is 2. The molecule has 0 radical (unpaired) electrons. The van der Waals surface area contributed by atoms with Crippen LogP contribution in [0.2, 0.25) is 0 Å². The lowest BCUT2D eigenvalue weighted by molar-refractivity contribution is -0.384. The number of nitro benzene ring substituents is 2. The predicted molar refractivity (Wildman–Crippen MR) is 177 cm³/mol. The summed E-state index contributed by atoms with van der Waals surface area (Å²) in [5, 5.41) is 30.1. The third kappa shape index (κ3) is 3.16. The molecule has 242 valence electrons. The first kappa shape index (κ1) is 27.6. The Kier molecular flexibility index (Phi) is 5.02. The first-order valence-corrected chi connectivity index (χ1v) is 15.1. The minimum absolute atomic E-state index is 0.0148. The minimum atomic E-state index is -1.81. The van der Waals surface area contributed by atoms with Gasteiger partial charge in [-0.3, -0.25) is 20.2 Å². The Bertz CT molecular complexity index is 2950. The standard InChI is InChI=1S/C32H18N12O6/c45-29-39-23-14-12-19(43(47)48)15-22(23)34-26(39)36-28-38-31(17-7-3-1-4-8-17)32(41(28)29,18-9-5-2-6-10-18)42-27(37-31)35-25-33-21-13-11-20(44(49)50)16-24(21)40(25)30(42)46/h1-16H,(H,33,35,37)(H,34,36,38). The van der Waals surface area contributed by atoms with E-state index in [0.29, 0.717) is 16.6 Å². The molecule has 0 fully saturated rings. The molecule has 4 aromatic heterocycles. The molecule has 2 atom stereocenters. The van der Waals surface area contributed by atoms with Crippen molar-refractivity contribution in [1.29, 1.82) is 0 Å². The third-order valence-electron chi connectivity index (χ3n) is 9.41. The van der Waals surface area contributed by atoms with Gasteiger partial charge in [-0.2, -0.15) is 9.97 Å². The van der Waals surface area contributed by atoms with E-state index in [1.807, 2.05) is 30.3 Å². The van der Waals surface area contributed by atoms with E-state index in [-0.39, 0.29) is 51.4 Å². The van der Waals surface area contributed by atoms with Crippen LogP contribution in [0.3, 0.4) is 0 Å². The van der Waals surface area contributed by atoms with Gasteiger partial charge in [-0.25, -0.2) is 37.5 Å². The van der Waals surface area contributed by atoms with Gasteiger partial charge < -0.3 is 10.6 Å². The average molecular weight is 667 g/mol. The predicted octanol–water partition coefficient (Wildman–Crippen LogP) is 3.17. The maximum absolute atomic E-state index is 15.1. The van der Waals surface area contributed by atoms with Crippen LogP contribution in [-0.2, 0) is 11.3 Å². The van der Waals surface area contributed by atoms with E-state index in [1.54, 1.807) is 30.3 Å². The van der Waals surface area contributed by atoms with Crippen LogP contribution in [0.15, 0.2) is 107 Å². The molecule has 18 nitrogen and oxygen atoms in total. The number of hydrogen-bond acceptors (Lipinski definition) is 12. The fourth-order valence-electron chi connectivity index (χ4n) is 7.44. The number of benzene rings is 4. The van der Waals surface area contributed by atoms with Gasteiger partial charge in [0.2, 0.25) is 29.1 Å². The van der Waals surface area contributed by atoms with E-state index in [9.17, 15) is 20.2 Å². The number of aromatic nitrogens is 8. The fraction of sp³-hybridized carbons (Fsp3) is 0.0625. The third-order valence-corrected chi connectivity index (χ3v) is 9.41. The molecule has 2 aliphatic heterocycles. The van der Waals surface area contributed by atoms with Crippen LogP contribution in [0.5, 0.6) is 0 Å².